The molecule has 2 heterocycles. The quantitative estimate of drug-likeness (QED) is 0.780. The molecule has 0 aliphatic carbocycles. The lowest BCUT2D eigenvalue weighted by Crippen LogP contribution is -2.31. The number of aryl methyl sites for hydroxylation is 1. The Balaban J connectivity index is 1.71. The van der Waals surface area contributed by atoms with Gasteiger partial charge in [0.2, 0.25) is 11.8 Å². The number of likely N-dealkylation sites (tertiary alicyclic amines) is 1. The first kappa shape index (κ1) is 18.2. The topological polar surface area (TPSA) is 92.5 Å². The van der Waals surface area contributed by atoms with Crippen LogP contribution in [-0.4, -0.2) is 39.6 Å². The fraction of sp³-hybridized carbons (Fsp3) is 0.333. The molecule has 3 amide bonds. The lowest BCUT2D eigenvalue weighted by atomic mass is 10.2. The first-order valence-electron chi connectivity index (χ1n) is 8.30. The molecule has 136 valence electrons. The van der Waals surface area contributed by atoms with Crippen LogP contribution in [0.1, 0.15) is 35.2 Å². The van der Waals surface area contributed by atoms with Crippen LogP contribution >= 0.6 is 11.8 Å². The lowest BCUT2D eigenvalue weighted by Gasteiger charge is -2.13. The van der Waals surface area contributed by atoms with Gasteiger partial charge >= 0.3 is 0 Å². The molecule has 1 aliphatic heterocycles. The molecule has 1 N–H and O–H groups in total. The van der Waals surface area contributed by atoms with Crippen molar-refractivity contribution < 1.29 is 18.9 Å². The number of carbonyl (C=O) groups is 3. The van der Waals surface area contributed by atoms with E-state index in [0.29, 0.717) is 22.8 Å². The van der Waals surface area contributed by atoms with Gasteiger partial charge < -0.3 is 9.84 Å². The highest BCUT2D eigenvalue weighted by Crippen LogP contribution is 2.33. The van der Waals surface area contributed by atoms with Crippen LogP contribution in [0.2, 0.25) is 0 Å². The standard InChI is InChI=1S/C18H19N3O4S/c1-3-21-16(22)9-15(18(21)24)26-14-7-5-4-6-13(14)17(23)19-10-12-8-11(2)20-25-12/h4-8,15H,3,9-10H2,1-2H3,(H,19,23). The summed E-state index contributed by atoms with van der Waals surface area (Å²) in [7, 11) is 0. The number of hydrogen-bond donors (Lipinski definition) is 1. The van der Waals surface area contributed by atoms with Crippen molar-refractivity contribution >= 4 is 29.5 Å². The van der Waals surface area contributed by atoms with Crippen LogP contribution in [0.3, 0.4) is 0 Å². The molecule has 1 saturated heterocycles. The van der Waals surface area contributed by atoms with Crippen molar-refractivity contribution in [2.24, 2.45) is 0 Å². The van der Waals surface area contributed by atoms with Crippen molar-refractivity contribution in [1.82, 2.24) is 15.4 Å². The van der Waals surface area contributed by atoms with Crippen LogP contribution in [0.4, 0.5) is 0 Å². The highest BCUT2D eigenvalue weighted by atomic mass is 32.2. The molecule has 0 saturated carbocycles. The van der Waals surface area contributed by atoms with Crippen LogP contribution in [0.15, 0.2) is 39.8 Å². The van der Waals surface area contributed by atoms with E-state index in [1.807, 2.05) is 0 Å². The van der Waals surface area contributed by atoms with E-state index in [1.165, 1.54) is 16.7 Å². The molecule has 26 heavy (non-hydrogen) atoms. The molecule has 1 fully saturated rings. The molecule has 1 atom stereocenters. The predicted octanol–water partition coefficient (Wildman–Crippen LogP) is 2.15. The van der Waals surface area contributed by atoms with E-state index in [4.69, 9.17) is 4.52 Å². The number of amides is 3. The molecular weight excluding hydrogens is 354 g/mol. The van der Waals surface area contributed by atoms with E-state index in [2.05, 4.69) is 10.5 Å². The summed E-state index contributed by atoms with van der Waals surface area (Å²) in [5.74, 6) is -0.0742. The fourth-order valence-electron chi connectivity index (χ4n) is 2.75. The number of rotatable bonds is 6. The highest BCUT2D eigenvalue weighted by Gasteiger charge is 2.38. The summed E-state index contributed by atoms with van der Waals surface area (Å²) in [5, 5.41) is 6.07. The van der Waals surface area contributed by atoms with E-state index >= 15 is 0 Å². The third kappa shape index (κ3) is 3.80. The molecule has 3 rings (SSSR count). The van der Waals surface area contributed by atoms with Gasteiger partial charge in [0.05, 0.1) is 23.1 Å². The molecule has 7 nitrogen and oxygen atoms in total. The van der Waals surface area contributed by atoms with E-state index in [-0.39, 0.29) is 30.7 Å². The Bertz CT molecular complexity index is 848. The summed E-state index contributed by atoms with van der Waals surface area (Å²) >= 11 is 1.25. The van der Waals surface area contributed by atoms with Crippen LogP contribution in [-0.2, 0) is 16.1 Å². The van der Waals surface area contributed by atoms with Gasteiger partial charge in [-0.3, -0.25) is 19.3 Å². The third-order valence-corrected chi connectivity index (χ3v) is 5.28. The first-order chi connectivity index (χ1) is 12.5. The van der Waals surface area contributed by atoms with E-state index < -0.39 is 5.25 Å². The minimum absolute atomic E-state index is 0.157. The molecular formula is C18H19N3O4S. The monoisotopic (exact) mass is 373 g/mol. The number of benzene rings is 1. The zero-order valence-corrected chi connectivity index (χ0v) is 15.3. The molecule has 1 aromatic heterocycles. The maximum Gasteiger partial charge on any atom is 0.252 e. The summed E-state index contributed by atoms with van der Waals surface area (Å²) in [6.45, 7) is 4.17. The average molecular weight is 373 g/mol. The van der Waals surface area contributed by atoms with Crippen LogP contribution in [0.5, 0.6) is 0 Å². The Morgan fingerprint density at radius 1 is 1.38 bits per heavy atom. The van der Waals surface area contributed by atoms with Gasteiger partial charge in [-0.15, -0.1) is 11.8 Å². The summed E-state index contributed by atoms with van der Waals surface area (Å²) in [6, 6.07) is 8.80. The number of hydrogen-bond acceptors (Lipinski definition) is 6. The maximum absolute atomic E-state index is 12.5. The summed E-state index contributed by atoms with van der Waals surface area (Å²) in [4.78, 5) is 38.7. The number of aromatic nitrogens is 1. The second-order valence-corrected chi connectivity index (χ2v) is 7.14. The predicted molar refractivity (Wildman–Crippen MR) is 95.5 cm³/mol. The Morgan fingerprint density at radius 3 is 2.81 bits per heavy atom. The molecule has 0 radical (unpaired) electrons. The smallest absolute Gasteiger partial charge is 0.252 e. The van der Waals surface area contributed by atoms with Gasteiger partial charge in [-0.2, -0.15) is 0 Å². The van der Waals surface area contributed by atoms with Gasteiger partial charge in [-0.25, -0.2) is 0 Å². The Kier molecular flexibility index (Phi) is 5.41. The molecule has 0 spiro atoms. The summed E-state index contributed by atoms with van der Waals surface area (Å²) in [6.07, 6.45) is 0.157. The van der Waals surface area contributed by atoms with E-state index in [9.17, 15) is 14.4 Å². The lowest BCUT2D eigenvalue weighted by molar-refractivity contribution is -0.137. The third-order valence-electron chi connectivity index (χ3n) is 4.02. The molecule has 8 heteroatoms. The molecule has 1 aliphatic rings. The summed E-state index contributed by atoms with van der Waals surface area (Å²) in [5.41, 5.74) is 1.21. The number of carbonyl (C=O) groups excluding carboxylic acids is 3. The number of thioether (sulfide) groups is 1. The van der Waals surface area contributed by atoms with Crippen LogP contribution < -0.4 is 5.32 Å². The minimum atomic E-state index is -0.492. The Morgan fingerprint density at radius 2 is 2.15 bits per heavy atom. The number of nitrogens with one attached hydrogen (secondary N) is 1. The van der Waals surface area contributed by atoms with E-state index in [1.54, 1.807) is 44.2 Å². The van der Waals surface area contributed by atoms with Gasteiger partial charge in [0, 0.05) is 23.9 Å². The van der Waals surface area contributed by atoms with Gasteiger partial charge in [0.15, 0.2) is 5.76 Å². The fourth-order valence-corrected chi connectivity index (χ4v) is 3.95. The van der Waals surface area contributed by atoms with Crippen molar-refractivity contribution in [1.29, 1.82) is 0 Å². The average Bonchev–Trinajstić information content (AvgIpc) is 3.16. The van der Waals surface area contributed by atoms with Crippen LogP contribution in [0, 0.1) is 6.92 Å². The van der Waals surface area contributed by atoms with Crippen LogP contribution in [0.25, 0.3) is 0 Å². The maximum atomic E-state index is 12.5. The van der Waals surface area contributed by atoms with Gasteiger partial charge in [-0.1, -0.05) is 17.3 Å². The van der Waals surface area contributed by atoms with Crippen molar-refractivity contribution in [2.45, 2.75) is 37.0 Å². The second kappa shape index (κ2) is 7.74. The van der Waals surface area contributed by atoms with Crippen molar-refractivity contribution in [3.63, 3.8) is 0 Å². The second-order valence-electron chi connectivity index (χ2n) is 5.90. The minimum Gasteiger partial charge on any atom is -0.359 e. The highest BCUT2D eigenvalue weighted by molar-refractivity contribution is 8.00. The largest absolute Gasteiger partial charge is 0.359 e. The zero-order valence-electron chi connectivity index (χ0n) is 14.5. The molecule has 2 aromatic rings. The number of nitrogens with zero attached hydrogens (tertiary/aromatic N) is 2. The van der Waals surface area contributed by atoms with Crippen molar-refractivity contribution in [3.8, 4) is 0 Å². The SMILES string of the molecule is CCN1C(=O)CC(Sc2ccccc2C(=O)NCc2cc(C)no2)C1=O. The molecule has 1 aromatic carbocycles. The van der Waals surface area contributed by atoms with Crippen molar-refractivity contribution in [3.05, 3.63) is 47.3 Å². The molecule has 0 bridgehead atoms. The zero-order chi connectivity index (χ0) is 18.7. The summed E-state index contributed by atoms with van der Waals surface area (Å²) < 4.78 is 5.08. The van der Waals surface area contributed by atoms with Gasteiger partial charge in [0.1, 0.15) is 0 Å². The van der Waals surface area contributed by atoms with Gasteiger partial charge in [-0.05, 0) is 26.0 Å². The Labute approximate surface area is 155 Å². The van der Waals surface area contributed by atoms with Gasteiger partial charge in [0.25, 0.3) is 5.91 Å². The van der Waals surface area contributed by atoms with Crippen molar-refractivity contribution in [2.75, 3.05) is 6.54 Å². The van der Waals surface area contributed by atoms with E-state index in [0.717, 1.165) is 5.69 Å². The molecule has 1 unspecified atom stereocenters. The Hall–Kier alpha value is -2.61. The first-order valence-corrected chi connectivity index (χ1v) is 9.17. The normalized spacial score (nSPS) is 17.0. The number of imide groups is 1.